The van der Waals surface area contributed by atoms with Gasteiger partial charge in [0.2, 0.25) is 0 Å². The summed E-state index contributed by atoms with van der Waals surface area (Å²) in [6, 6.07) is 0. The van der Waals surface area contributed by atoms with E-state index in [0.29, 0.717) is 12.8 Å². The van der Waals surface area contributed by atoms with Crippen molar-refractivity contribution in [3.8, 4) is 0 Å². The van der Waals surface area contributed by atoms with Gasteiger partial charge in [0.15, 0.2) is 0 Å². The first-order chi connectivity index (χ1) is 4.63. The first-order valence-electron chi connectivity index (χ1n) is 3.53. The van der Waals surface area contributed by atoms with E-state index in [1.54, 1.807) is 6.92 Å². The molecule has 0 fully saturated rings. The van der Waals surface area contributed by atoms with Crippen molar-refractivity contribution in [2.75, 3.05) is 0 Å². The fraction of sp³-hybridized carbons (Fsp3) is 0.857. The van der Waals surface area contributed by atoms with Gasteiger partial charge in [-0.1, -0.05) is 6.42 Å². The number of carboxylic acids is 1. The Hall–Kier alpha value is -0.570. The van der Waals surface area contributed by atoms with Crippen LogP contribution in [0.1, 0.15) is 32.6 Å². The first kappa shape index (κ1) is 9.43. The molecule has 0 aliphatic heterocycles. The Morgan fingerprint density at radius 2 is 2.10 bits per heavy atom. The molecule has 0 aromatic heterocycles. The van der Waals surface area contributed by atoms with Crippen LogP contribution in [0.25, 0.3) is 0 Å². The van der Waals surface area contributed by atoms with Gasteiger partial charge >= 0.3 is 5.97 Å². The molecule has 0 saturated carbocycles. The molecule has 60 valence electrons. The molecular weight excluding hydrogens is 132 g/mol. The topological polar surface area (TPSA) is 57.5 Å². The van der Waals surface area contributed by atoms with Gasteiger partial charge in [0.05, 0.1) is 6.10 Å². The maximum atomic E-state index is 9.98. The van der Waals surface area contributed by atoms with E-state index in [-0.39, 0.29) is 12.5 Å². The number of carbonyl (C=O) groups is 1. The third-order valence-electron chi connectivity index (χ3n) is 1.26. The normalized spacial score (nSPS) is 13.0. The fourth-order valence-electron chi connectivity index (χ4n) is 0.716. The molecule has 0 amide bonds. The summed E-state index contributed by atoms with van der Waals surface area (Å²) in [5.74, 6) is -0.759. The molecule has 0 aromatic rings. The lowest BCUT2D eigenvalue weighted by atomic mass is 10.1. The Morgan fingerprint density at radius 1 is 1.50 bits per heavy atom. The molecular formula is C7H14O3. The number of unbranched alkanes of at least 4 members (excludes halogenated alkanes) is 1. The van der Waals surface area contributed by atoms with Crippen molar-refractivity contribution in [2.45, 2.75) is 38.7 Å². The summed E-state index contributed by atoms with van der Waals surface area (Å²) < 4.78 is 0. The van der Waals surface area contributed by atoms with Gasteiger partial charge in [-0.15, -0.1) is 0 Å². The average Bonchev–Trinajstić information content (AvgIpc) is 1.79. The molecule has 0 aliphatic carbocycles. The summed E-state index contributed by atoms with van der Waals surface area (Å²) in [5.41, 5.74) is 0. The molecule has 0 spiro atoms. The molecule has 2 N–H and O–H groups in total. The summed E-state index contributed by atoms with van der Waals surface area (Å²) in [7, 11) is 0. The van der Waals surface area contributed by atoms with Crippen LogP contribution in [-0.2, 0) is 4.79 Å². The first-order valence-corrected chi connectivity index (χ1v) is 3.53. The minimum atomic E-state index is -0.759. The van der Waals surface area contributed by atoms with Gasteiger partial charge in [-0.3, -0.25) is 4.79 Å². The predicted molar refractivity (Wildman–Crippen MR) is 37.8 cm³/mol. The molecule has 1 atom stereocenters. The summed E-state index contributed by atoms with van der Waals surface area (Å²) in [6.45, 7) is 1.71. The van der Waals surface area contributed by atoms with E-state index in [4.69, 9.17) is 10.2 Å². The van der Waals surface area contributed by atoms with Crippen LogP contribution in [0.5, 0.6) is 0 Å². The van der Waals surface area contributed by atoms with Gasteiger partial charge in [-0.2, -0.15) is 0 Å². The number of aliphatic hydroxyl groups excluding tert-OH is 1. The minimum absolute atomic E-state index is 0.215. The van der Waals surface area contributed by atoms with Gasteiger partial charge < -0.3 is 10.2 Å². The number of aliphatic carboxylic acids is 1. The second kappa shape index (κ2) is 5.23. The predicted octanol–water partition coefficient (Wildman–Crippen LogP) is 1.01. The van der Waals surface area contributed by atoms with Crippen LogP contribution in [0.2, 0.25) is 0 Å². The van der Waals surface area contributed by atoms with Crippen LogP contribution < -0.4 is 0 Å². The van der Waals surface area contributed by atoms with Gasteiger partial charge in [0, 0.05) is 6.42 Å². The average molecular weight is 146 g/mol. The highest BCUT2D eigenvalue weighted by Crippen LogP contribution is 2.02. The summed E-state index contributed by atoms with van der Waals surface area (Å²) in [4.78, 5) is 9.98. The molecule has 0 heterocycles. The summed E-state index contributed by atoms with van der Waals surface area (Å²) in [5, 5.41) is 17.0. The second-order valence-corrected chi connectivity index (χ2v) is 2.49. The van der Waals surface area contributed by atoms with Crippen molar-refractivity contribution < 1.29 is 15.0 Å². The van der Waals surface area contributed by atoms with Crippen molar-refractivity contribution in [1.29, 1.82) is 0 Å². The maximum Gasteiger partial charge on any atom is 0.303 e. The molecule has 3 heteroatoms. The summed E-state index contributed by atoms with van der Waals surface area (Å²) >= 11 is 0. The van der Waals surface area contributed by atoms with Gasteiger partial charge in [-0.25, -0.2) is 0 Å². The highest BCUT2D eigenvalue weighted by atomic mass is 16.4. The van der Waals surface area contributed by atoms with Crippen LogP contribution in [0.3, 0.4) is 0 Å². The molecule has 0 aromatic carbocycles. The number of rotatable bonds is 5. The third kappa shape index (κ3) is 7.43. The van der Waals surface area contributed by atoms with E-state index in [2.05, 4.69) is 0 Å². The van der Waals surface area contributed by atoms with Gasteiger partial charge in [0.25, 0.3) is 0 Å². The lowest BCUT2D eigenvalue weighted by molar-refractivity contribution is -0.137. The van der Waals surface area contributed by atoms with Crippen LogP contribution in [0.15, 0.2) is 0 Å². The van der Waals surface area contributed by atoms with Crippen molar-refractivity contribution in [3.63, 3.8) is 0 Å². The molecule has 10 heavy (non-hydrogen) atoms. The Morgan fingerprint density at radius 3 is 2.50 bits per heavy atom. The summed E-state index contributed by atoms with van der Waals surface area (Å²) in [6.07, 6.45) is 2.08. The smallest absolute Gasteiger partial charge is 0.303 e. The number of hydrogen-bond acceptors (Lipinski definition) is 2. The molecule has 0 rings (SSSR count). The van der Waals surface area contributed by atoms with Crippen molar-refractivity contribution >= 4 is 5.97 Å². The zero-order valence-electron chi connectivity index (χ0n) is 6.21. The second-order valence-electron chi connectivity index (χ2n) is 2.49. The highest BCUT2D eigenvalue weighted by molar-refractivity contribution is 5.66. The van der Waals surface area contributed by atoms with E-state index >= 15 is 0 Å². The van der Waals surface area contributed by atoms with Crippen LogP contribution in [0.4, 0.5) is 0 Å². The van der Waals surface area contributed by atoms with Crippen molar-refractivity contribution in [3.05, 3.63) is 0 Å². The van der Waals surface area contributed by atoms with E-state index < -0.39 is 5.97 Å². The van der Waals surface area contributed by atoms with Crippen LogP contribution in [-0.4, -0.2) is 22.3 Å². The number of aliphatic hydroxyl groups is 1. The Kier molecular flexibility index (Phi) is 4.94. The fourth-order valence-corrected chi connectivity index (χ4v) is 0.716. The van der Waals surface area contributed by atoms with Crippen molar-refractivity contribution in [1.82, 2.24) is 0 Å². The lowest BCUT2D eigenvalue weighted by Gasteiger charge is -2.00. The monoisotopic (exact) mass is 146 g/mol. The highest BCUT2D eigenvalue weighted by Gasteiger charge is 1.98. The molecule has 0 radical (unpaired) electrons. The maximum absolute atomic E-state index is 9.98. The third-order valence-corrected chi connectivity index (χ3v) is 1.26. The van der Waals surface area contributed by atoms with E-state index in [0.717, 1.165) is 6.42 Å². The van der Waals surface area contributed by atoms with Crippen molar-refractivity contribution in [2.24, 2.45) is 0 Å². The molecule has 0 bridgehead atoms. The quantitative estimate of drug-likeness (QED) is 0.569. The largest absolute Gasteiger partial charge is 0.481 e. The van der Waals surface area contributed by atoms with E-state index in [1.165, 1.54) is 0 Å². The zero-order valence-corrected chi connectivity index (χ0v) is 6.21. The molecule has 0 aliphatic rings. The Bertz CT molecular complexity index is 99.0. The van der Waals surface area contributed by atoms with Gasteiger partial charge in [-0.05, 0) is 19.8 Å². The van der Waals surface area contributed by atoms with E-state index in [9.17, 15) is 4.79 Å². The van der Waals surface area contributed by atoms with Gasteiger partial charge in [0.1, 0.15) is 0 Å². The Labute approximate surface area is 60.7 Å². The number of hydrogen-bond donors (Lipinski definition) is 2. The number of carboxylic acid groups (broad SMARTS) is 1. The molecule has 0 saturated heterocycles. The van der Waals surface area contributed by atoms with Crippen LogP contribution >= 0.6 is 0 Å². The zero-order chi connectivity index (χ0) is 7.98. The van der Waals surface area contributed by atoms with Crippen LogP contribution in [0, 0.1) is 0 Å². The molecule has 3 nitrogen and oxygen atoms in total. The standard InChI is InChI=1S/C7H14O3/c1-6(8)4-2-3-5-7(9)10/h6,8H,2-5H2,1H3,(H,9,10)/t6-/m0/s1. The lowest BCUT2D eigenvalue weighted by Crippen LogP contribution is -2.00. The van der Waals surface area contributed by atoms with E-state index in [1.807, 2.05) is 0 Å². The SMILES string of the molecule is C[C@H](O)CCCCC(=O)O. The molecule has 0 unspecified atom stereocenters. The Balaban J connectivity index is 2.98. The minimum Gasteiger partial charge on any atom is -0.481 e.